The Morgan fingerprint density at radius 1 is 1.08 bits per heavy atom. The van der Waals surface area contributed by atoms with E-state index >= 15 is 0 Å². The smallest absolute Gasteiger partial charge is 0.137 e. The zero-order valence-electron chi connectivity index (χ0n) is 15.3. The molecule has 2 bridgehead atoms. The zero-order chi connectivity index (χ0) is 17.0. The average molecular weight is 326 g/mol. The van der Waals surface area contributed by atoms with E-state index in [1.54, 1.807) is 0 Å². The van der Waals surface area contributed by atoms with Gasteiger partial charge in [0.1, 0.15) is 5.78 Å². The summed E-state index contributed by atoms with van der Waals surface area (Å²) in [4.78, 5) is 12.9. The van der Waals surface area contributed by atoms with Gasteiger partial charge in [0.25, 0.3) is 0 Å². The second kappa shape index (κ2) is 5.42. The maximum absolute atomic E-state index is 12.9. The van der Waals surface area contributed by atoms with E-state index in [-0.39, 0.29) is 28.3 Å². The molecule has 3 fully saturated rings. The number of Topliss-reactive ketones (excluding diaryl/α,β-unsaturated/α-hetero) is 1. The Bertz CT molecular complexity index is 635. The molecule has 4 atom stereocenters. The van der Waals surface area contributed by atoms with Gasteiger partial charge in [0, 0.05) is 17.8 Å². The molecule has 24 heavy (non-hydrogen) atoms. The topological polar surface area (TPSA) is 26.3 Å². The lowest BCUT2D eigenvalue weighted by atomic mass is 9.47. The number of fused-ring (bicyclic) bond motifs is 1. The summed E-state index contributed by atoms with van der Waals surface area (Å²) >= 11 is 0. The molecule has 4 rings (SSSR count). The Hall–Kier alpha value is -1.15. The van der Waals surface area contributed by atoms with Crippen molar-refractivity contribution >= 4 is 5.78 Å². The molecule has 0 aliphatic heterocycles. The number of ketones is 1. The van der Waals surface area contributed by atoms with Gasteiger partial charge in [-0.15, -0.1) is 0 Å². The summed E-state index contributed by atoms with van der Waals surface area (Å²) < 4.78 is 6.56. The van der Waals surface area contributed by atoms with Gasteiger partial charge in [0.05, 0.1) is 12.7 Å². The van der Waals surface area contributed by atoms with Gasteiger partial charge >= 0.3 is 0 Å². The minimum atomic E-state index is -0.0736. The molecule has 0 aromatic heterocycles. The Labute approximate surface area is 146 Å². The first-order chi connectivity index (χ1) is 11.4. The van der Waals surface area contributed by atoms with E-state index in [4.69, 9.17) is 4.74 Å². The van der Waals surface area contributed by atoms with Crippen LogP contribution in [0.25, 0.3) is 0 Å². The Morgan fingerprint density at radius 3 is 2.58 bits per heavy atom. The monoisotopic (exact) mass is 326 g/mol. The molecular formula is C22H30O2. The second-order valence-corrected chi connectivity index (χ2v) is 9.44. The summed E-state index contributed by atoms with van der Waals surface area (Å²) in [6, 6.07) is 10.4. The maximum Gasteiger partial charge on any atom is 0.137 e. The molecule has 1 aromatic carbocycles. The molecule has 2 nitrogen and oxygen atoms in total. The summed E-state index contributed by atoms with van der Waals surface area (Å²) in [6.07, 6.45) is 6.88. The van der Waals surface area contributed by atoms with E-state index < -0.39 is 0 Å². The minimum absolute atomic E-state index is 0.0736. The van der Waals surface area contributed by atoms with E-state index in [2.05, 4.69) is 45.0 Å². The summed E-state index contributed by atoms with van der Waals surface area (Å²) in [5.74, 6) is 0.693. The number of hydrogen-bond acceptors (Lipinski definition) is 2. The Kier molecular flexibility index (Phi) is 3.69. The van der Waals surface area contributed by atoms with Gasteiger partial charge in [-0.05, 0) is 48.5 Å². The highest BCUT2D eigenvalue weighted by Crippen LogP contribution is 2.70. The van der Waals surface area contributed by atoms with Gasteiger partial charge in [0.15, 0.2) is 0 Å². The first-order valence-electron chi connectivity index (χ1n) is 9.56. The van der Waals surface area contributed by atoms with Gasteiger partial charge in [-0.3, -0.25) is 4.79 Å². The quantitative estimate of drug-likeness (QED) is 0.767. The van der Waals surface area contributed by atoms with Crippen LogP contribution >= 0.6 is 0 Å². The van der Waals surface area contributed by atoms with Gasteiger partial charge in [-0.2, -0.15) is 0 Å². The lowest BCUT2D eigenvalue weighted by molar-refractivity contribution is -0.187. The molecule has 3 aliphatic carbocycles. The van der Waals surface area contributed by atoms with Crippen LogP contribution in [0.3, 0.4) is 0 Å². The lowest BCUT2D eigenvalue weighted by Gasteiger charge is -2.58. The molecule has 130 valence electrons. The average Bonchev–Trinajstić information content (AvgIpc) is 2.82. The van der Waals surface area contributed by atoms with Crippen molar-refractivity contribution in [1.82, 2.24) is 0 Å². The standard InChI is InChI=1S/C22H30O2/c1-20(2)18-17(23)10-7-11-22(18)13-12-21(3,15-22)19(20)24-14-16-8-5-4-6-9-16/h4-6,8-9,18-19H,7,10-15H2,1-3H3/t18-,19+,21-,22+/m0/s1. The Balaban J connectivity index is 1.65. The van der Waals surface area contributed by atoms with Crippen LogP contribution < -0.4 is 0 Å². The number of ether oxygens (including phenoxy) is 1. The van der Waals surface area contributed by atoms with Crippen LogP contribution in [0.15, 0.2) is 30.3 Å². The highest BCUT2D eigenvalue weighted by atomic mass is 16.5. The van der Waals surface area contributed by atoms with Crippen molar-refractivity contribution in [3.8, 4) is 0 Å². The van der Waals surface area contributed by atoms with Crippen molar-refractivity contribution < 1.29 is 9.53 Å². The molecule has 0 N–H and O–H groups in total. The lowest BCUT2D eigenvalue weighted by Crippen LogP contribution is -2.59. The van der Waals surface area contributed by atoms with Crippen molar-refractivity contribution in [2.45, 2.75) is 72.0 Å². The van der Waals surface area contributed by atoms with Crippen LogP contribution in [0.2, 0.25) is 0 Å². The van der Waals surface area contributed by atoms with Crippen LogP contribution in [0.4, 0.5) is 0 Å². The van der Waals surface area contributed by atoms with Crippen molar-refractivity contribution in [2.24, 2.45) is 22.2 Å². The molecular weight excluding hydrogens is 296 g/mol. The molecule has 0 saturated heterocycles. The molecule has 1 spiro atoms. The molecule has 0 unspecified atom stereocenters. The SMILES string of the molecule is CC1(C)[C@@H](OCc2ccccc2)[C@@]2(C)CC[C@]3(CCCC(=O)[C@@H]13)C2. The van der Waals surface area contributed by atoms with Gasteiger partial charge in [-0.1, -0.05) is 51.1 Å². The van der Waals surface area contributed by atoms with Gasteiger partial charge < -0.3 is 4.74 Å². The van der Waals surface area contributed by atoms with E-state index in [0.29, 0.717) is 12.4 Å². The van der Waals surface area contributed by atoms with Crippen molar-refractivity contribution in [3.05, 3.63) is 35.9 Å². The maximum atomic E-state index is 12.9. The molecule has 0 radical (unpaired) electrons. The third kappa shape index (κ3) is 2.29. The number of hydrogen-bond donors (Lipinski definition) is 0. The molecule has 2 heteroatoms. The van der Waals surface area contributed by atoms with E-state index in [0.717, 1.165) is 12.8 Å². The normalized spacial score (nSPS) is 40.4. The number of carbonyl (C=O) groups is 1. The van der Waals surface area contributed by atoms with Crippen molar-refractivity contribution in [3.63, 3.8) is 0 Å². The second-order valence-electron chi connectivity index (χ2n) is 9.44. The summed E-state index contributed by atoms with van der Waals surface area (Å²) in [5.41, 5.74) is 1.63. The van der Waals surface area contributed by atoms with E-state index in [9.17, 15) is 4.79 Å². The molecule has 1 aromatic rings. The van der Waals surface area contributed by atoms with Crippen molar-refractivity contribution in [1.29, 1.82) is 0 Å². The van der Waals surface area contributed by atoms with Crippen LogP contribution in [0, 0.1) is 22.2 Å². The van der Waals surface area contributed by atoms with Crippen LogP contribution in [0.1, 0.15) is 64.9 Å². The number of carbonyl (C=O) groups excluding carboxylic acids is 1. The fourth-order valence-corrected chi connectivity index (χ4v) is 6.87. The van der Waals surface area contributed by atoms with E-state index in [1.807, 2.05) is 6.07 Å². The fourth-order valence-electron chi connectivity index (χ4n) is 6.87. The number of benzene rings is 1. The fraction of sp³-hybridized carbons (Fsp3) is 0.682. The first kappa shape index (κ1) is 16.3. The highest BCUT2D eigenvalue weighted by molar-refractivity contribution is 5.84. The summed E-state index contributed by atoms with van der Waals surface area (Å²) in [7, 11) is 0. The third-order valence-electron chi connectivity index (χ3n) is 7.29. The molecule has 3 aliphatic rings. The molecule has 0 heterocycles. The van der Waals surface area contributed by atoms with Crippen LogP contribution in [-0.4, -0.2) is 11.9 Å². The summed E-state index contributed by atoms with van der Waals surface area (Å²) in [6.45, 7) is 7.66. The summed E-state index contributed by atoms with van der Waals surface area (Å²) in [5, 5.41) is 0. The van der Waals surface area contributed by atoms with Gasteiger partial charge in [0.2, 0.25) is 0 Å². The number of rotatable bonds is 3. The van der Waals surface area contributed by atoms with Crippen LogP contribution in [-0.2, 0) is 16.1 Å². The molecule has 0 amide bonds. The zero-order valence-corrected chi connectivity index (χ0v) is 15.3. The third-order valence-corrected chi connectivity index (χ3v) is 7.29. The van der Waals surface area contributed by atoms with Gasteiger partial charge in [-0.25, -0.2) is 0 Å². The van der Waals surface area contributed by atoms with Crippen molar-refractivity contribution in [2.75, 3.05) is 0 Å². The first-order valence-corrected chi connectivity index (χ1v) is 9.56. The van der Waals surface area contributed by atoms with Crippen LogP contribution in [0.5, 0.6) is 0 Å². The highest BCUT2D eigenvalue weighted by Gasteiger charge is 2.67. The predicted molar refractivity (Wildman–Crippen MR) is 95.5 cm³/mol. The van der Waals surface area contributed by atoms with E-state index in [1.165, 1.54) is 31.2 Å². The Morgan fingerprint density at radius 2 is 1.83 bits per heavy atom. The largest absolute Gasteiger partial charge is 0.372 e. The minimum Gasteiger partial charge on any atom is -0.372 e. The predicted octanol–water partition coefficient (Wildman–Crippen LogP) is 5.16. The molecule has 3 saturated carbocycles.